The van der Waals surface area contributed by atoms with Gasteiger partial charge in [-0.15, -0.1) is 0 Å². The average Bonchev–Trinajstić information content (AvgIpc) is 3.27. The summed E-state index contributed by atoms with van der Waals surface area (Å²) in [5.74, 6) is 1.44. The Labute approximate surface area is 169 Å². The number of allylic oxidation sites excluding steroid dienone is 1. The van der Waals surface area contributed by atoms with Crippen molar-refractivity contribution < 1.29 is 4.74 Å². The van der Waals surface area contributed by atoms with E-state index in [1.54, 1.807) is 0 Å². The number of hydrogen-bond donors (Lipinski definition) is 1. The summed E-state index contributed by atoms with van der Waals surface area (Å²) >= 11 is 0. The second kappa shape index (κ2) is 7.69. The lowest BCUT2D eigenvalue weighted by Crippen LogP contribution is -1.99. The molecule has 0 radical (unpaired) electrons. The van der Waals surface area contributed by atoms with Crippen LogP contribution in [0.2, 0.25) is 0 Å². The Hall–Kier alpha value is -3.78. The number of nitrogens with one attached hydrogen (secondary N) is 1. The number of para-hydroxylation sites is 2. The number of nitrogens with zero attached hydrogens (tertiary/aromatic N) is 3. The van der Waals surface area contributed by atoms with Gasteiger partial charge < -0.3 is 14.3 Å². The number of nitriles is 1. The number of fused-ring (bicyclic) bond motifs is 1. The van der Waals surface area contributed by atoms with Gasteiger partial charge in [0, 0.05) is 17.1 Å². The predicted octanol–water partition coefficient (Wildman–Crippen LogP) is 5.43. The third kappa shape index (κ3) is 3.53. The number of H-pyrrole nitrogens is 1. The van der Waals surface area contributed by atoms with Crippen LogP contribution < -0.4 is 4.74 Å². The van der Waals surface area contributed by atoms with Gasteiger partial charge in [0.2, 0.25) is 0 Å². The van der Waals surface area contributed by atoms with Crippen LogP contribution in [0.15, 0.2) is 54.6 Å². The van der Waals surface area contributed by atoms with Crippen LogP contribution in [-0.2, 0) is 0 Å². The van der Waals surface area contributed by atoms with Crippen LogP contribution in [0.25, 0.3) is 28.4 Å². The Bertz CT molecular complexity index is 1200. The van der Waals surface area contributed by atoms with E-state index in [2.05, 4.69) is 40.5 Å². The van der Waals surface area contributed by atoms with Gasteiger partial charge in [-0.25, -0.2) is 4.98 Å². The molecule has 4 aromatic rings. The van der Waals surface area contributed by atoms with E-state index in [4.69, 9.17) is 4.74 Å². The summed E-state index contributed by atoms with van der Waals surface area (Å²) in [5.41, 5.74) is 6.49. The van der Waals surface area contributed by atoms with Gasteiger partial charge in [-0.1, -0.05) is 12.1 Å². The highest BCUT2D eigenvalue weighted by Crippen LogP contribution is 2.26. The Kier molecular flexibility index (Phi) is 4.92. The first-order valence-electron chi connectivity index (χ1n) is 9.59. The summed E-state index contributed by atoms with van der Waals surface area (Å²) in [6.07, 6.45) is 1.89. The molecule has 2 aromatic heterocycles. The molecule has 0 bridgehead atoms. The van der Waals surface area contributed by atoms with Gasteiger partial charge in [0.15, 0.2) is 0 Å². The van der Waals surface area contributed by atoms with Crippen molar-refractivity contribution in [2.24, 2.45) is 0 Å². The molecule has 29 heavy (non-hydrogen) atoms. The third-order valence-corrected chi connectivity index (χ3v) is 4.94. The molecule has 5 heteroatoms. The maximum Gasteiger partial charge on any atom is 0.149 e. The summed E-state index contributed by atoms with van der Waals surface area (Å²) in [6, 6.07) is 20.2. The van der Waals surface area contributed by atoms with Crippen molar-refractivity contribution >= 4 is 22.7 Å². The molecule has 4 rings (SSSR count). The molecule has 144 valence electrons. The minimum absolute atomic E-state index is 0.508. The van der Waals surface area contributed by atoms with E-state index in [9.17, 15) is 5.26 Å². The number of aryl methyl sites for hydroxylation is 1. The minimum Gasteiger partial charge on any atom is -0.494 e. The number of rotatable bonds is 5. The largest absolute Gasteiger partial charge is 0.494 e. The highest BCUT2D eigenvalue weighted by molar-refractivity contribution is 5.90. The van der Waals surface area contributed by atoms with Gasteiger partial charge in [0.1, 0.15) is 17.6 Å². The topological polar surface area (TPSA) is 66.6 Å². The van der Waals surface area contributed by atoms with E-state index in [0.717, 1.165) is 39.4 Å². The molecule has 0 unspecified atom stereocenters. The van der Waals surface area contributed by atoms with Crippen molar-refractivity contribution in [1.29, 1.82) is 5.26 Å². The molecule has 2 heterocycles. The Morgan fingerprint density at radius 2 is 1.93 bits per heavy atom. The van der Waals surface area contributed by atoms with Crippen molar-refractivity contribution in [2.75, 3.05) is 6.61 Å². The molecule has 0 amide bonds. The molecule has 0 aliphatic rings. The fraction of sp³-hybridized carbons (Fsp3) is 0.167. The SMILES string of the molecule is CCOc1ccc(-n2c(C)cc(/C=C(/C#N)c3nc4ccccc4[nH]3)c2C)cc1. The van der Waals surface area contributed by atoms with Crippen molar-refractivity contribution in [3.8, 4) is 17.5 Å². The monoisotopic (exact) mass is 382 g/mol. The van der Waals surface area contributed by atoms with Crippen molar-refractivity contribution in [3.05, 3.63) is 77.4 Å². The zero-order chi connectivity index (χ0) is 20.4. The molecule has 0 atom stereocenters. The number of ether oxygens (including phenoxy) is 1. The molecule has 0 saturated carbocycles. The van der Waals surface area contributed by atoms with E-state index in [1.807, 2.05) is 61.5 Å². The first kappa shape index (κ1) is 18.6. The van der Waals surface area contributed by atoms with E-state index in [-0.39, 0.29) is 0 Å². The maximum atomic E-state index is 9.73. The normalized spacial score (nSPS) is 11.6. The molecular weight excluding hydrogens is 360 g/mol. The molecule has 2 aromatic carbocycles. The molecular formula is C24H22N4O. The van der Waals surface area contributed by atoms with Crippen LogP contribution in [0.1, 0.15) is 29.7 Å². The van der Waals surface area contributed by atoms with E-state index < -0.39 is 0 Å². The number of aromatic nitrogens is 3. The first-order valence-corrected chi connectivity index (χ1v) is 9.59. The predicted molar refractivity (Wildman–Crippen MR) is 116 cm³/mol. The highest BCUT2D eigenvalue weighted by atomic mass is 16.5. The van der Waals surface area contributed by atoms with Crippen LogP contribution in [0.5, 0.6) is 5.75 Å². The standard InChI is InChI=1S/C24H22N4O/c1-4-29-21-11-9-20(10-12-21)28-16(2)13-18(17(28)3)14-19(15-25)24-26-22-7-5-6-8-23(22)27-24/h5-14H,4H2,1-3H3,(H,26,27)/b19-14-. The minimum atomic E-state index is 0.508. The Balaban J connectivity index is 1.73. The molecule has 0 saturated heterocycles. The lowest BCUT2D eigenvalue weighted by Gasteiger charge is -2.11. The number of aromatic amines is 1. The van der Waals surface area contributed by atoms with Crippen molar-refractivity contribution in [2.45, 2.75) is 20.8 Å². The van der Waals surface area contributed by atoms with Crippen molar-refractivity contribution in [1.82, 2.24) is 14.5 Å². The van der Waals surface area contributed by atoms with Crippen LogP contribution in [-0.4, -0.2) is 21.1 Å². The summed E-state index contributed by atoms with van der Waals surface area (Å²) in [7, 11) is 0. The quantitative estimate of drug-likeness (QED) is 0.468. The summed E-state index contributed by atoms with van der Waals surface area (Å²) in [6.45, 7) is 6.74. The zero-order valence-electron chi connectivity index (χ0n) is 16.7. The second-order valence-electron chi connectivity index (χ2n) is 6.86. The van der Waals surface area contributed by atoms with Gasteiger partial charge in [-0.05, 0) is 74.9 Å². The highest BCUT2D eigenvalue weighted by Gasteiger charge is 2.13. The maximum absolute atomic E-state index is 9.73. The molecule has 5 nitrogen and oxygen atoms in total. The molecule has 0 aliphatic heterocycles. The van der Waals surface area contributed by atoms with E-state index in [1.165, 1.54) is 0 Å². The van der Waals surface area contributed by atoms with E-state index in [0.29, 0.717) is 18.0 Å². The van der Waals surface area contributed by atoms with Gasteiger partial charge in [-0.2, -0.15) is 5.26 Å². The van der Waals surface area contributed by atoms with Crippen LogP contribution >= 0.6 is 0 Å². The summed E-state index contributed by atoms with van der Waals surface area (Å²) in [5, 5.41) is 9.73. The zero-order valence-corrected chi connectivity index (χ0v) is 16.7. The molecule has 1 N–H and O–H groups in total. The number of hydrogen-bond acceptors (Lipinski definition) is 3. The van der Waals surface area contributed by atoms with Gasteiger partial charge in [-0.3, -0.25) is 0 Å². The van der Waals surface area contributed by atoms with Gasteiger partial charge in [0.25, 0.3) is 0 Å². The molecule has 0 spiro atoms. The van der Waals surface area contributed by atoms with Gasteiger partial charge >= 0.3 is 0 Å². The van der Waals surface area contributed by atoms with Crippen LogP contribution in [0.3, 0.4) is 0 Å². The summed E-state index contributed by atoms with van der Waals surface area (Å²) < 4.78 is 7.71. The van der Waals surface area contributed by atoms with Crippen molar-refractivity contribution in [3.63, 3.8) is 0 Å². The Morgan fingerprint density at radius 1 is 1.17 bits per heavy atom. The van der Waals surface area contributed by atoms with Gasteiger partial charge in [0.05, 0.1) is 23.2 Å². The fourth-order valence-electron chi connectivity index (χ4n) is 3.58. The lowest BCUT2D eigenvalue weighted by molar-refractivity contribution is 0.340. The smallest absolute Gasteiger partial charge is 0.149 e. The number of benzene rings is 2. The average molecular weight is 382 g/mol. The third-order valence-electron chi connectivity index (χ3n) is 4.94. The summed E-state index contributed by atoms with van der Waals surface area (Å²) in [4.78, 5) is 7.79. The lowest BCUT2D eigenvalue weighted by atomic mass is 10.1. The Morgan fingerprint density at radius 3 is 2.62 bits per heavy atom. The first-order chi connectivity index (χ1) is 14.1. The second-order valence-corrected chi connectivity index (χ2v) is 6.86. The fourth-order valence-corrected chi connectivity index (χ4v) is 3.58. The van der Waals surface area contributed by atoms with Crippen LogP contribution in [0, 0.1) is 25.2 Å². The van der Waals surface area contributed by atoms with Crippen LogP contribution in [0.4, 0.5) is 0 Å². The number of imidazole rings is 1. The molecule has 0 aliphatic carbocycles. The molecule has 0 fully saturated rings. The van der Waals surface area contributed by atoms with E-state index >= 15 is 0 Å².